The predicted molar refractivity (Wildman–Crippen MR) is 93.7 cm³/mol. The predicted octanol–water partition coefficient (Wildman–Crippen LogP) is 1.14. The Morgan fingerprint density at radius 2 is 2.04 bits per heavy atom. The number of nitrogens with zero attached hydrogens (tertiary/aromatic N) is 2. The van der Waals surface area contributed by atoms with Crippen molar-refractivity contribution < 1.29 is 18.8 Å². The molecule has 3 aromatic rings. The third kappa shape index (κ3) is 3.40. The van der Waals surface area contributed by atoms with E-state index in [2.05, 4.69) is 31.1 Å². The van der Waals surface area contributed by atoms with E-state index in [1.54, 1.807) is 36.4 Å². The number of amides is 3. The maximum Gasteiger partial charge on any atom is 0.254 e. The number of hydrogen-bond donors (Lipinski definition) is 4. The van der Waals surface area contributed by atoms with E-state index >= 15 is 0 Å². The number of hydrogen-bond acceptors (Lipinski definition) is 6. The van der Waals surface area contributed by atoms with Gasteiger partial charge in [0.15, 0.2) is 11.6 Å². The first-order chi connectivity index (χ1) is 13.1. The van der Waals surface area contributed by atoms with Crippen LogP contribution in [-0.4, -0.2) is 38.9 Å². The molecule has 1 aliphatic rings. The molecule has 4 N–H and O–H groups in total. The molecule has 0 spiro atoms. The van der Waals surface area contributed by atoms with Gasteiger partial charge in [0.25, 0.3) is 5.91 Å². The second-order valence-electron chi connectivity index (χ2n) is 5.80. The largest absolute Gasteiger partial charge is 0.461 e. The van der Waals surface area contributed by atoms with Crippen LogP contribution in [0.25, 0.3) is 11.6 Å². The summed E-state index contributed by atoms with van der Waals surface area (Å²) in [6.07, 6.45) is 1.22. The molecular formula is C17H14N6O4. The van der Waals surface area contributed by atoms with E-state index in [1.807, 2.05) is 0 Å². The quantitative estimate of drug-likeness (QED) is 0.545. The summed E-state index contributed by atoms with van der Waals surface area (Å²) in [4.78, 5) is 40.9. The van der Waals surface area contributed by atoms with Crippen LogP contribution in [0.4, 0.5) is 11.6 Å². The first-order valence-corrected chi connectivity index (χ1v) is 8.07. The van der Waals surface area contributed by atoms with Crippen molar-refractivity contribution in [1.82, 2.24) is 20.5 Å². The Hall–Kier alpha value is -3.95. The molecule has 10 nitrogen and oxygen atoms in total. The van der Waals surface area contributed by atoms with Gasteiger partial charge in [-0.15, -0.1) is 5.10 Å². The fourth-order valence-electron chi connectivity index (χ4n) is 2.66. The van der Waals surface area contributed by atoms with Gasteiger partial charge in [0, 0.05) is 0 Å². The van der Waals surface area contributed by atoms with Crippen LogP contribution in [0.3, 0.4) is 0 Å². The molecule has 10 heteroatoms. The van der Waals surface area contributed by atoms with Crippen LogP contribution < -0.4 is 16.0 Å². The van der Waals surface area contributed by atoms with E-state index in [0.717, 1.165) is 0 Å². The minimum atomic E-state index is -1.02. The van der Waals surface area contributed by atoms with Crippen LogP contribution in [-0.2, 0) is 9.59 Å². The van der Waals surface area contributed by atoms with E-state index in [9.17, 15) is 14.4 Å². The number of furan rings is 1. The van der Waals surface area contributed by atoms with Crippen LogP contribution in [0.1, 0.15) is 16.8 Å². The van der Waals surface area contributed by atoms with Crippen molar-refractivity contribution >= 4 is 29.4 Å². The Balaban J connectivity index is 1.42. The smallest absolute Gasteiger partial charge is 0.254 e. The van der Waals surface area contributed by atoms with Crippen molar-refractivity contribution in [2.75, 3.05) is 10.6 Å². The molecule has 0 fully saturated rings. The zero-order chi connectivity index (χ0) is 18.8. The number of benzene rings is 1. The van der Waals surface area contributed by atoms with Crippen LogP contribution in [0, 0.1) is 0 Å². The number of anilines is 2. The molecule has 1 aliphatic heterocycles. The van der Waals surface area contributed by atoms with E-state index in [4.69, 9.17) is 4.42 Å². The Labute approximate surface area is 152 Å². The number of rotatable bonds is 4. The maximum atomic E-state index is 12.3. The molecule has 0 aliphatic carbocycles. The summed E-state index contributed by atoms with van der Waals surface area (Å²) < 4.78 is 5.18. The van der Waals surface area contributed by atoms with E-state index < -0.39 is 23.8 Å². The van der Waals surface area contributed by atoms with Gasteiger partial charge in [-0.2, -0.15) is 4.98 Å². The van der Waals surface area contributed by atoms with Crippen molar-refractivity contribution in [3.05, 3.63) is 48.2 Å². The lowest BCUT2D eigenvalue weighted by Gasteiger charge is -2.13. The first kappa shape index (κ1) is 16.5. The topological polar surface area (TPSA) is 142 Å². The minimum Gasteiger partial charge on any atom is -0.461 e. The normalized spacial score (nSPS) is 16.1. The standard InChI is InChI=1S/C17H14N6O4/c24-13(20-17-21-14(22-23-17)12-6-3-7-27-12)8-11-16(26)18-10-5-2-1-4-9(10)15(25)19-11/h1-7,11H,8H2,(H,18,26)(H,19,25)(H2,20,21,22,23,24)/t11-/m1/s1. The fraction of sp³-hybridized carbons (Fsp3) is 0.118. The van der Waals surface area contributed by atoms with Crippen molar-refractivity contribution in [2.24, 2.45) is 0 Å². The van der Waals surface area contributed by atoms with E-state index in [0.29, 0.717) is 22.8 Å². The highest BCUT2D eigenvalue weighted by atomic mass is 16.3. The van der Waals surface area contributed by atoms with Crippen LogP contribution in [0.15, 0.2) is 47.1 Å². The number of aromatic nitrogens is 3. The highest BCUT2D eigenvalue weighted by Crippen LogP contribution is 2.19. The summed E-state index contributed by atoms with van der Waals surface area (Å²) in [5, 5.41) is 14.2. The Morgan fingerprint density at radius 3 is 2.85 bits per heavy atom. The summed E-state index contributed by atoms with van der Waals surface area (Å²) in [5.41, 5.74) is 0.741. The highest BCUT2D eigenvalue weighted by molar-refractivity contribution is 6.11. The van der Waals surface area contributed by atoms with Gasteiger partial charge >= 0.3 is 0 Å². The minimum absolute atomic E-state index is 0.0371. The molecule has 0 saturated carbocycles. The number of carbonyl (C=O) groups excluding carboxylic acids is 3. The summed E-state index contributed by atoms with van der Waals surface area (Å²) in [7, 11) is 0. The lowest BCUT2D eigenvalue weighted by molar-refractivity contribution is -0.122. The molecule has 2 aromatic heterocycles. The molecule has 0 unspecified atom stereocenters. The second-order valence-corrected chi connectivity index (χ2v) is 5.80. The Morgan fingerprint density at radius 1 is 1.19 bits per heavy atom. The number of fused-ring (bicyclic) bond motifs is 1. The number of carbonyl (C=O) groups is 3. The third-order valence-corrected chi connectivity index (χ3v) is 3.93. The van der Waals surface area contributed by atoms with Gasteiger partial charge < -0.3 is 15.1 Å². The number of aromatic amines is 1. The molecule has 0 radical (unpaired) electrons. The van der Waals surface area contributed by atoms with Crippen LogP contribution in [0.2, 0.25) is 0 Å². The van der Waals surface area contributed by atoms with E-state index in [-0.39, 0.29) is 12.4 Å². The van der Waals surface area contributed by atoms with Gasteiger partial charge in [0.1, 0.15) is 6.04 Å². The van der Waals surface area contributed by atoms with Crippen LogP contribution >= 0.6 is 0 Å². The molecule has 3 amide bonds. The molecule has 1 atom stereocenters. The van der Waals surface area contributed by atoms with Crippen molar-refractivity contribution in [2.45, 2.75) is 12.5 Å². The molecule has 4 rings (SSSR count). The molecule has 27 heavy (non-hydrogen) atoms. The lowest BCUT2D eigenvalue weighted by Crippen LogP contribution is -2.43. The molecular weight excluding hydrogens is 352 g/mol. The van der Waals surface area contributed by atoms with Crippen LogP contribution in [0.5, 0.6) is 0 Å². The van der Waals surface area contributed by atoms with Crippen molar-refractivity contribution in [3.63, 3.8) is 0 Å². The van der Waals surface area contributed by atoms with Gasteiger partial charge in [-0.25, -0.2) is 0 Å². The second kappa shape index (κ2) is 6.75. The molecule has 136 valence electrons. The number of para-hydroxylation sites is 1. The number of nitrogens with one attached hydrogen (secondary N) is 4. The lowest BCUT2D eigenvalue weighted by atomic mass is 10.1. The Bertz CT molecular complexity index is 1010. The van der Waals surface area contributed by atoms with Gasteiger partial charge in [-0.3, -0.25) is 24.8 Å². The summed E-state index contributed by atoms with van der Waals surface area (Å²) >= 11 is 0. The fourth-order valence-corrected chi connectivity index (χ4v) is 2.66. The van der Waals surface area contributed by atoms with Crippen molar-refractivity contribution in [3.8, 4) is 11.6 Å². The third-order valence-electron chi connectivity index (χ3n) is 3.93. The Kier molecular flexibility index (Phi) is 4.13. The molecule has 3 heterocycles. The van der Waals surface area contributed by atoms with Crippen molar-refractivity contribution in [1.29, 1.82) is 0 Å². The number of H-pyrrole nitrogens is 1. The van der Waals surface area contributed by atoms with Gasteiger partial charge in [0.05, 0.1) is 23.9 Å². The SMILES string of the molecule is O=C(C[C@H]1NC(=O)c2ccccc2NC1=O)Nc1n[nH]c(-c2ccco2)n1. The molecule has 0 saturated heterocycles. The van der Waals surface area contributed by atoms with Gasteiger partial charge in [-0.1, -0.05) is 12.1 Å². The summed E-state index contributed by atoms with van der Waals surface area (Å²) in [6.45, 7) is 0. The zero-order valence-electron chi connectivity index (χ0n) is 13.9. The highest BCUT2D eigenvalue weighted by Gasteiger charge is 2.29. The summed E-state index contributed by atoms with van der Waals surface area (Å²) in [6, 6.07) is 8.98. The van der Waals surface area contributed by atoms with Gasteiger partial charge in [0.2, 0.25) is 17.8 Å². The first-order valence-electron chi connectivity index (χ1n) is 8.07. The monoisotopic (exact) mass is 366 g/mol. The molecule has 1 aromatic carbocycles. The summed E-state index contributed by atoms with van der Waals surface area (Å²) in [5.74, 6) is -0.571. The molecule has 0 bridgehead atoms. The van der Waals surface area contributed by atoms with Gasteiger partial charge in [-0.05, 0) is 24.3 Å². The average Bonchev–Trinajstić information content (AvgIpc) is 3.31. The zero-order valence-corrected chi connectivity index (χ0v) is 13.9. The average molecular weight is 366 g/mol. The van der Waals surface area contributed by atoms with E-state index in [1.165, 1.54) is 6.26 Å². The maximum absolute atomic E-state index is 12.3.